The Kier molecular flexibility index (Phi) is 10.7. The molecule has 0 spiro atoms. The smallest absolute Gasteiger partial charge is 0.335 e. The van der Waals surface area contributed by atoms with Crippen molar-refractivity contribution in [2.24, 2.45) is 0 Å². The Balaban J connectivity index is 1.20. The van der Waals surface area contributed by atoms with Gasteiger partial charge in [0.25, 0.3) is 0 Å². The third-order valence-electron chi connectivity index (χ3n) is 8.09. The summed E-state index contributed by atoms with van der Waals surface area (Å²) >= 11 is 1.60. The molecule has 0 aliphatic carbocycles. The van der Waals surface area contributed by atoms with E-state index in [1.807, 2.05) is 72.8 Å². The minimum atomic E-state index is -3.64. The molecule has 246 valence electrons. The lowest BCUT2D eigenvalue weighted by atomic mass is 9.99. The largest absolute Gasteiger partial charge is 0.478 e. The van der Waals surface area contributed by atoms with Gasteiger partial charge in [0.05, 0.1) is 29.3 Å². The van der Waals surface area contributed by atoms with Crippen LogP contribution in [-0.2, 0) is 32.6 Å². The summed E-state index contributed by atoms with van der Waals surface area (Å²) in [4.78, 5) is 12.4. The van der Waals surface area contributed by atoms with Gasteiger partial charge in [-0.25, -0.2) is 17.9 Å². The molecule has 8 nitrogen and oxygen atoms in total. The Morgan fingerprint density at radius 2 is 1.48 bits per heavy atom. The Labute approximate surface area is 284 Å². The summed E-state index contributed by atoms with van der Waals surface area (Å²) in [5.41, 5.74) is 5.59. The summed E-state index contributed by atoms with van der Waals surface area (Å²) in [6.45, 7) is 0.110. The van der Waals surface area contributed by atoms with Gasteiger partial charge >= 0.3 is 5.97 Å². The first-order valence-corrected chi connectivity index (χ1v) is 17.9. The van der Waals surface area contributed by atoms with E-state index in [1.165, 1.54) is 0 Å². The van der Waals surface area contributed by atoms with Crippen LogP contribution in [0.25, 0.3) is 11.1 Å². The number of carboxylic acid groups (broad SMARTS) is 1. The zero-order chi connectivity index (χ0) is 33.5. The van der Waals surface area contributed by atoms with E-state index in [1.54, 1.807) is 66.4 Å². The molecular formula is C38H35NO7S2. The summed E-state index contributed by atoms with van der Waals surface area (Å²) in [6.07, 6.45) is -0.446. The standard InChI is InChI=1S/C38H35NO7S2/c40-24-26-12-14-28(15-13-26)36-22-33(25-47-34-18-16-29(17-19-34)37(41)42)45-38(46-36)32-9-5-8-31(21-32)30-7-4-6-27(20-30)23-39-48(43,44)35-10-2-1-3-11-35/h1-21,33,36,38-40H,22-25H2,(H,41,42). The number of aliphatic hydroxyl groups is 1. The van der Waals surface area contributed by atoms with Gasteiger partial charge < -0.3 is 19.7 Å². The monoisotopic (exact) mass is 681 g/mol. The first-order valence-electron chi connectivity index (χ1n) is 15.5. The van der Waals surface area contributed by atoms with Crippen LogP contribution in [0.2, 0.25) is 0 Å². The fourth-order valence-corrected chi connectivity index (χ4v) is 7.45. The van der Waals surface area contributed by atoms with Gasteiger partial charge in [0.15, 0.2) is 6.29 Å². The summed E-state index contributed by atoms with van der Waals surface area (Å²) in [5, 5.41) is 18.8. The van der Waals surface area contributed by atoms with Crippen LogP contribution in [0.4, 0.5) is 0 Å². The van der Waals surface area contributed by atoms with Crippen LogP contribution in [0.1, 0.15) is 51.4 Å². The van der Waals surface area contributed by atoms with Crippen molar-refractivity contribution in [1.82, 2.24) is 4.72 Å². The number of rotatable bonds is 12. The SMILES string of the molecule is O=C(O)c1ccc(SCC2CC(c3ccc(CO)cc3)OC(c3cccc(-c4cccc(CNS(=O)(=O)c5ccccc5)c4)c3)O2)cc1. The molecule has 0 aromatic heterocycles. The zero-order valence-electron chi connectivity index (χ0n) is 25.9. The number of aromatic carboxylic acids is 1. The predicted octanol–water partition coefficient (Wildman–Crippen LogP) is 7.36. The average molecular weight is 682 g/mol. The number of aliphatic hydroxyl groups excluding tert-OH is 1. The summed E-state index contributed by atoms with van der Waals surface area (Å²) < 4.78 is 41.3. The number of benzene rings is 5. The van der Waals surface area contributed by atoms with Gasteiger partial charge in [0.2, 0.25) is 10.0 Å². The highest BCUT2D eigenvalue weighted by molar-refractivity contribution is 7.99. The lowest BCUT2D eigenvalue weighted by Crippen LogP contribution is -2.31. The van der Waals surface area contributed by atoms with Crippen molar-refractivity contribution >= 4 is 27.8 Å². The molecule has 1 heterocycles. The molecule has 5 aromatic carbocycles. The quantitative estimate of drug-likeness (QED) is 0.117. The first-order chi connectivity index (χ1) is 23.3. The number of hydrogen-bond acceptors (Lipinski definition) is 7. The van der Waals surface area contributed by atoms with E-state index in [9.17, 15) is 23.4 Å². The van der Waals surface area contributed by atoms with Gasteiger partial charge in [0.1, 0.15) is 0 Å². The van der Waals surface area contributed by atoms with Crippen LogP contribution in [0.5, 0.6) is 0 Å². The topological polar surface area (TPSA) is 122 Å². The molecule has 0 radical (unpaired) electrons. The Bertz CT molecular complexity index is 1950. The highest BCUT2D eigenvalue weighted by Gasteiger charge is 2.32. The number of thioether (sulfide) groups is 1. The Morgan fingerprint density at radius 3 is 2.19 bits per heavy atom. The number of sulfonamides is 1. The van der Waals surface area contributed by atoms with E-state index in [0.717, 1.165) is 38.3 Å². The molecule has 48 heavy (non-hydrogen) atoms. The fraction of sp³-hybridized carbons (Fsp3) is 0.184. The molecule has 10 heteroatoms. The highest BCUT2D eigenvalue weighted by Crippen LogP contribution is 2.40. The van der Waals surface area contributed by atoms with Crippen LogP contribution in [-0.4, -0.2) is 36.5 Å². The fourth-order valence-electron chi connectivity index (χ4n) is 5.49. The zero-order valence-corrected chi connectivity index (χ0v) is 27.6. The number of carbonyl (C=O) groups is 1. The third-order valence-corrected chi connectivity index (χ3v) is 10.7. The van der Waals surface area contributed by atoms with E-state index >= 15 is 0 Å². The van der Waals surface area contributed by atoms with Crippen molar-refractivity contribution in [3.63, 3.8) is 0 Å². The molecule has 0 saturated carbocycles. The Morgan fingerprint density at radius 1 is 0.771 bits per heavy atom. The van der Waals surface area contributed by atoms with E-state index in [2.05, 4.69) is 4.72 Å². The molecule has 0 bridgehead atoms. The molecular weight excluding hydrogens is 647 g/mol. The van der Waals surface area contributed by atoms with Crippen molar-refractivity contribution in [3.05, 3.63) is 155 Å². The van der Waals surface area contributed by atoms with Gasteiger partial charge in [-0.2, -0.15) is 0 Å². The van der Waals surface area contributed by atoms with Crippen molar-refractivity contribution < 1.29 is 32.9 Å². The minimum Gasteiger partial charge on any atom is -0.478 e. The van der Waals surface area contributed by atoms with Gasteiger partial charge in [-0.1, -0.05) is 78.9 Å². The van der Waals surface area contributed by atoms with E-state index in [0.29, 0.717) is 12.2 Å². The number of nitrogens with one attached hydrogen (secondary N) is 1. The minimum absolute atomic E-state index is 0.0373. The van der Waals surface area contributed by atoms with Crippen LogP contribution in [0.3, 0.4) is 0 Å². The maximum Gasteiger partial charge on any atom is 0.335 e. The van der Waals surface area contributed by atoms with Crippen LogP contribution >= 0.6 is 11.8 Å². The van der Waals surface area contributed by atoms with Gasteiger partial charge in [-0.15, -0.1) is 11.8 Å². The molecule has 5 aromatic rings. The van der Waals surface area contributed by atoms with Crippen LogP contribution in [0.15, 0.2) is 137 Å². The average Bonchev–Trinajstić information content (AvgIpc) is 3.14. The number of ether oxygens (including phenoxy) is 2. The molecule has 0 amide bonds. The van der Waals surface area contributed by atoms with Crippen LogP contribution < -0.4 is 4.72 Å². The lowest BCUT2D eigenvalue weighted by Gasteiger charge is -2.36. The molecule has 3 unspecified atom stereocenters. The van der Waals surface area contributed by atoms with Gasteiger partial charge in [-0.05, 0) is 76.3 Å². The predicted molar refractivity (Wildman–Crippen MR) is 185 cm³/mol. The number of hydrogen-bond donors (Lipinski definition) is 3. The van der Waals surface area contributed by atoms with Crippen LogP contribution in [0, 0.1) is 0 Å². The number of carboxylic acids is 1. The second kappa shape index (κ2) is 15.3. The van der Waals surface area contributed by atoms with E-state index < -0.39 is 22.3 Å². The second-order valence-corrected chi connectivity index (χ2v) is 14.3. The highest BCUT2D eigenvalue weighted by atomic mass is 32.2. The molecule has 3 N–H and O–H groups in total. The molecule has 3 atom stereocenters. The maximum atomic E-state index is 12.8. The maximum absolute atomic E-state index is 12.8. The van der Waals surface area contributed by atoms with Gasteiger partial charge in [-0.3, -0.25) is 0 Å². The molecule has 6 rings (SSSR count). The molecule has 1 aliphatic heterocycles. The van der Waals surface area contributed by atoms with Crippen molar-refractivity contribution in [2.75, 3.05) is 5.75 Å². The second-order valence-electron chi connectivity index (χ2n) is 11.5. The lowest BCUT2D eigenvalue weighted by molar-refractivity contribution is -0.245. The molecule has 1 fully saturated rings. The summed E-state index contributed by atoms with van der Waals surface area (Å²) in [7, 11) is -3.64. The van der Waals surface area contributed by atoms with E-state index in [4.69, 9.17) is 9.47 Å². The van der Waals surface area contributed by atoms with Crippen molar-refractivity contribution in [2.45, 2.75) is 47.9 Å². The summed E-state index contributed by atoms with van der Waals surface area (Å²) in [5.74, 6) is -0.322. The Hall–Kier alpha value is -4.29. The van der Waals surface area contributed by atoms with Crippen molar-refractivity contribution in [3.8, 4) is 11.1 Å². The van der Waals surface area contributed by atoms with E-state index in [-0.39, 0.29) is 35.8 Å². The summed E-state index contributed by atoms with van der Waals surface area (Å²) in [6, 6.07) is 38.5. The first kappa shape index (κ1) is 33.6. The molecule has 1 saturated heterocycles. The normalized spacial score (nSPS) is 18.0. The van der Waals surface area contributed by atoms with Gasteiger partial charge in [0, 0.05) is 29.2 Å². The van der Waals surface area contributed by atoms with Crippen molar-refractivity contribution in [1.29, 1.82) is 0 Å². The third kappa shape index (κ3) is 8.40. The molecule has 1 aliphatic rings.